The van der Waals surface area contributed by atoms with Crippen molar-refractivity contribution >= 4 is 0 Å². The minimum atomic E-state index is 0.724. The molecule has 0 amide bonds. The molecule has 0 spiro atoms. The van der Waals surface area contributed by atoms with E-state index in [0.29, 0.717) is 0 Å². The van der Waals surface area contributed by atoms with Gasteiger partial charge in [-0.2, -0.15) is 0 Å². The summed E-state index contributed by atoms with van der Waals surface area (Å²) < 4.78 is 0. The van der Waals surface area contributed by atoms with Gasteiger partial charge in [-0.3, -0.25) is 4.90 Å². The van der Waals surface area contributed by atoms with Crippen LogP contribution in [0.4, 0.5) is 0 Å². The number of rotatable bonds is 1. The summed E-state index contributed by atoms with van der Waals surface area (Å²) in [5.41, 5.74) is 0. The van der Waals surface area contributed by atoms with E-state index in [1.807, 2.05) is 13.8 Å². The zero-order valence-electron chi connectivity index (χ0n) is 10.0. The van der Waals surface area contributed by atoms with Crippen LogP contribution < -0.4 is 0 Å². The second-order valence-corrected chi connectivity index (χ2v) is 3.79. The molecule has 2 nitrogen and oxygen atoms in total. The monoisotopic (exact) mass is 186 g/mol. The van der Waals surface area contributed by atoms with Crippen LogP contribution >= 0.6 is 0 Å². The molecule has 0 aromatic rings. The number of hydrogen-bond donors (Lipinski definition) is 0. The van der Waals surface area contributed by atoms with Gasteiger partial charge in [0.25, 0.3) is 0 Å². The highest BCUT2D eigenvalue weighted by atomic mass is 15.2. The highest BCUT2D eigenvalue weighted by Crippen LogP contribution is 2.04. The van der Waals surface area contributed by atoms with E-state index in [-0.39, 0.29) is 0 Å². The van der Waals surface area contributed by atoms with Crippen molar-refractivity contribution in [1.29, 1.82) is 0 Å². The minimum absolute atomic E-state index is 0.724. The lowest BCUT2D eigenvalue weighted by atomic mass is 10.3. The largest absolute Gasteiger partial charge is 0.305 e. The van der Waals surface area contributed by atoms with E-state index in [1.54, 1.807) is 0 Å². The zero-order chi connectivity index (χ0) is 10.3. The Labute approximate surface area is 83.9 Å². The number of likely N-dealkylation sites (N-methyl/N-ethyl adjacent to an activating group) is 1. The summed E-state index contributed by atoms with van der Waals surface area (Å²) in [5, 5.41) is 0. The third-order valence-electron chi connectivity index (χ3n) is 2.48. The van der Waals surface area contributed by atoms with Crippen LogP contribution in [0.2, 0.25) is 0 Å². The average molecular weight is 186 g/mol. The fraction of sp³-hybridized carbons (Fsp3) is 1.00. The first-order chi connectivity index (χ1) is 6.20. The van der Waals surface area contributed by atoms with Crippen LogP contribution in [0.25, 0.3) is 0 Å². The first kappa shape index (κ1) is 12.9. The van der Waals surface area contributed by atoms with Gasteiger partial charge in [0.2, 0.25) is 0 Å². The van der Waals surface area contributed by atoms with Crippen LogP contribution in [-0.4, -0.2) is 49.1 Å². The summed E-state index contributed by atoms with van der Waals surface area (Å²) in [6, 6.07) is 0.724. The molecule has 1 saturated heterocycles. The Morgan fingerprint density at radius 3 is 2.08 bits per heavy atom. The molecule has 0 radical (unpaired) electrons. The van der Waals surface area contributed by atoms with Crippen molar-refractivity contribution in [3.8, 4) is 0 Å². The van der Waals surface area contributed by atoms with E-state index in [4.69, 9.17) is 0 Å². The lowest BCUT2D eigenvalue weighted by molar-refractivity contribution is 0.228. The van der Waals surface area contributed by atoms with Gasteiger partial charge in [-0.1, -0.05) is 13.8 Å². The summed E-state index contributed by atoms with van der Waals surface area (Å²) in [6.07, 6.45) is 1.33. The highest BCUT2D eigenvalue weighted by Gasteiger charge is 2.13. The first-order valence-electron chi connectivity index (χ1n) is 5.63. The van der Waals surface area contributed by atoms with Crippen LogP contribution in [0.3, 0.4) is 0 Å². The molecule has 1 rings (SSSR count). The Bertz CT molecular complexity index is 113. The van der Waals surface area contributed by atoms with Crippen molar-refractivity contribution in [2.45, 2.75) is 40.2 Å². The van der Waals surface area contributed by atoms with Crippen LogP contribution in [-0.2, 0) is 0 Å². The Balaban J connectivity index is 0.000000671. The summed E-state index contributed by atoms with van der Waals surface area (Å²) in [7, 11) is 2.21. The van der Waals surface area contributed by atoms with E-state index in [2.05, 4.69) is 30.7 Å². The fourth-order valence-corrected chi connectivity index (χ4v) is 1.58. The van der Waals surface area contributed by atoms with Crippen molar-refractivity contribution < 1.29 is 0 Å². The molecule has 0 aliphatic carbocycles. The third-order valence-corrected chi connectivity index (χ3v) is 2.48. The second kappa shape index (κ2) is 7.34. The molecule has 13 heavy (non-hydrogen) atoms. The van der Waals surface area contributed by atoms with Gasteiger partial charge < -0.3 is 4.90 Å². The third kappa shape index (κ3) is 5.27. The molecule has 80 valence electrons. The predicted molar refractivity (Wildman–Crippen MR) is 60.2 cm³/mol. The van der Waals surface area contributed by atoms with Crippen molar-refractivity contribution in [2.75, 3.05) is 33.2 Å². The molecule has 0 aromatic heterocycles. The maximum absolute atomic E-state index is 2.56. The molecule has 1 fully saturated rings. The molecular formula is C11H26N2. The molecule has 0 unspecified atom stereocenters. The van der Waals surface area contributed by atoms with E-state index in [1.165, 1.54) is 32.6 Å². The lowest BCUT2D eigenvalue weighted by Gasteiger charge is -2.23. The van der Waals surface area contributed by atoms with E-state index >= 15 is 0 Å². The Kier molecular flexibility index (Phi) is 7.29. The van der Waals surface area contributed by atoms with E-state index in [9.17, 15) is 0 Å². The molecule has 0 N–H and O–H groups in total. The maximum atomic E-state index is 2.56. The normalized spacial score (nSPS) is 20.8. The molecule has 1 aliphatic rings. The first-order valence-corrected chi connectivity index (χ1v) is 5.63. The predicted octanol–water partition coefficient (Wildman–Crippen LogP) is 2.06. The smallest absolute Gasteiger partial charge is 0.0112 e. The van der Waals surface area contributed by atoms with Crippen LogP contribution in [0.5, 0.6) is 0 Å². The van der Waals surface area contributed by atoms with Gasteiger partial charge in [0.05, 0.1) is 0 Å². The van der Waals surface area contributed by atoms with Crippen LogP contribution in [0.1, 0.15) is 34.1 Å². The van der Waals surface area contributed by atoms with Gasteiger partial charge >= 0.3 is 0 Å². The molecule has 1 aliphatic heterocycles. The van der Waals surface area contributed by atoms with Crippen molar-refractivity contribution in [1.82, 2.24) is 9.80 Å². The van der Waals surface area contributed by atoms with E-state index in [0.717, 1.165) is 6.04 Å². The van der Waals surface area contributed by atoms with Crippen molar-refractivity contribution in [3.05, 3.63) is 0 Å². The fourth-order valence-electron chi connectivity index (χ4n) is 1.58. The number of hydrogen-bond acceptors (Lipinski definition) is 2. The van der Waals surface area contributed by atoms with Crippen molar-refractivity contribution in [3.63, 3.8) is 0 Å². The summed E-state index contributed by atoms with van der Waals surface area (Å²) >= 11 is 0. The van der Waals surface area contributed by atoms with Gasteiger partial charge in [-0.15, -0.1) is 0 Å². The second-order valence-electron chi connectivity index (χ2n) is 3.79. The van der Waals surface area contributed by atoms with Crippen molar-refractivity contribution in [2.24, 2.45) is 0 Å². The lowest BCUT2D eigenvalue weighted by Crippen LogP contribution is -2.34. The SMILES string of the molecule is CC.CC(C)N1CCCN(C)CC1. The Morgan fingerprint density at radius 2 is 1.54 bits per heavy atom. The molecular weight excluding hydrogens is 160 g/mol. The standard InChI is InChI=1S/C9H20N2.C2H6/c1-9(2)11-6-4-5-10(3)7-8-11;1-2/h9H,4-8H2,1-3H3;1-2H3. The minimum Gasteiger partial charge on any atom is -0.305 e. The summed E-state index contributed by atoms with van der Waals surface area (Å²) in [5.74, 6) is 0. The Hall–Kier alpha value is -0.0800. The topological polar surface area (TPSA) is 6.48 Å². The van der Waals surface area contributed by atoms with Crippen LogP contribution in [0, 0.1) is 0 Å². The Morgan fingerprint density at radius 1 is 0.923 bits per heavy atom. The molecule has 0 atom stereocenters. The van der Waals surface area contributed by atoms with Gasteiger partial charge in [0.15, 0.2) is 0 Å². The highest BCUT2D eigenvalue weighted by molar-refractivity contribution is 4.69. The van der Waals surface area contributed by atoms with Crippen LogP contribution in [0.15, 0.2) is 0 Å². The number of nitrogens with zero attached hydrogens (tertiary/aromatic N) is 2. The van der Waals surface area contributed by atoms with Gasteiger partial charge in [-0.25, -0.2) is 0 Å². The quantitative estimate of drug-likeness (QED) is 0.618. The molecule has 0 saturated carbocycles. The molecule has 0 aromatic carbocycles. The molecule has 0 bridgehead atoms. The molecule has 2 heteroatoms. The summed E-state index contributed by atoms with van der Waals surface area (Å²) in [4.78, 5) is 4.98. The molecule has 1 heterocycles. The maximum Gasteiger partial charge on any atom is 0.0112 e. The van der Waals surface area contributed by atoms with Gasteiger partial charge in [0.1, 0.15) is 0 Å². The zero-order valence-corrected chi connectivity index (χ0v) is 10.0. The average Bonchev–Trinajstić information content (AvgIpc) is 2.33. The summed E-state index contributed by atoms with van der Waals surface area (Å²) in [6.45, 7) is 13.6. The van der Waals surface area contributed by atoms with Gasteiger partial charge in [-0.05, 0) is 40.4 Å². The van der Waals surface area contributed by atoms with E-state index < -0.39 is 0 Å². The van der Waals surface area contributed by atoms with Gasteiger partial charge in [0, 0.05) is 19.1 Å².